The minimum absolute atomic E-state index is 0.320. The standard InChI is InChI=1S/C31H42N2O2S/c34-31(35)30(20-25-8-7-9-25)33-22-27(29(23-33)26-10-3-1-4-11-26)21-32-17-14-24(15-18-32)16-19-36-28-12-5-2-6-13-28/h1-6,10-13,24-25,27,29-30H,7-9,14-23H2,(H,34,35). The largest absolute Gasteiger partial charge is 0.480 e. The zero-order valence-corrected chi connectivity index (χ0v) is 22.3. The van der Waals surface area contributed by atoms with Crippen molar-refractivity contribution in [2.45, 2.75) is 61.8 Å². The van der Waals surface area contributed by atoms with Crippen molar-refractivity contribution in [3.05, 3.63) is 66.2 Å². The molecular formula is C31H42N2O2S. The molecule has 1 aliphatic carbocycles. The van der Waals surface area contributed by atoms with E-state index in [0.29, 0.717) is 17.8 Å². The molecule has 194 valence electrons. The van der Waals surface area contributed by atoms with E-state index in [1.807, 2.05) is 11.8 Å². The average Bonchev–Trinajstić information content (AvgIpc) is 3.28. The number of hydrogen-bond donors (Lipinski definition) is 1. The SMILES string of the molecule is O=C(O)C(CC1CCC1)N1CC(CN2CCC(CCSc3ccccc3)CC2)C(c2ccccc2)C1. The first-order chi connectivity index (χ1) is 17.7. The molecule has 3 unspecified atom stereocenters. The van der Waals surface area contributed by atoms with Crippen LogP contribution in [0, 0.1) is 17.8 Å². The number of benzene rings is 2. The molecule has 2 heterocycles. The summed E-state index contributed by atoms with van der Waals surface area (Å²) < 4.78 is 0. The van der Waals surface area contributed by atoms with Crippen molar-refractivity contribution < 1.29 is 9.90 Å². The predicted octanol–water partition coefficient (Wildman–Crippen LogP) is 6.24. The third kappa shape index (κ3) is 6.73. The summed E-state index contributed by atoms with van der Waals surface area (Å²) in [7, 11) is 0. The number of carboxylic acid groups (broad SMARTS) is 1. The molecule has 3 aliphatic rings. The molecule has 1 saturated carbocycles. The fourth-order valence-corrected chi connectivity index (χ4v) is 7.56. The van der Waals surface area contributed by atoms with Gasteiger partial charge in [0.05, 0.1) is 0 Å². The second kappa shape index (κ2) is 12.6. The molecule has 2 aromatic rings. The zero-order valence-electron chi connectivity index (χ0n) is 21.5. The summed E-state index contributed by atoms with van der Waals surface area (Å²) in [5.41, 5.74) is 1.38. The van der Waals surface area contributed by atoms with Crippen LogP contribution in [0.15, 0.2) is 65.6 Å². The van der Waals surface area contributed by atoms with Crippen LogP contribution in [0.2, 0.25) is 0 Å². The molecule has 2 aromatic carbocycles. The lowest BCUT2D eigenvalue weighted by Crippen LogP contribution is -2.43. The molecular weight excluding hydrogens is 464 g/mol. The topological polar surface area (TPSA) is 43.8 Å². The lowest BCUT2D eigenvalue weighted by atomic mass is 9.80. The number of piperidine rings is 1. The van der Waals surface area contributed by atoms with Gasteiger partial charge >= 0.3 is 5.97 Å². The number of carbonyl (C=O) groups is 1. The first-order valence-electron chi connectivity index (χ1n) is 14.1. The highest BCUT2D eigenvalue weighted by molar-refractivity contribution is 7.99. The van der Waals surface area contributed by atoms with Crippen molar-refractivity contribution in [2.75, 3.05) is 38.5 Å². The summed E-state index contributed by atoms with van der Waals surface area (Å²) in [6.45, 7) is 5.26. The van der Waals surface area contributed by atoms with Crippen LogP contribution in [-0.2, 0) is 4.79 Å². The maximum absolute atomic E-state index is 12.3. The number of aliphatic carboxylic acids is 1. The maximum Gasteiger partial charge on any atom is 0.320 e. The van der Waals surface area contributed by atoms with Crippen LogP contribution in [0.4, 0.5) is 0 Å². The Bertz CT molecular complexity index is 944. The van der Waals surface area contributed by atoms with E-state index in [-0.39, 0.29) is 6.04 Å². The van der Waals surface area contributed by atoms with Crippen molar-refractivity contribution in [3.8, 4) is 0 Å². The van der Waals surface area contributed by atoms with E-state index < -0.39 is 5.97 Å². The van der Waals surface area contributed by atoms with Gasteiger partial charge in [0.2, 0.25) is 0 Å². The molecule has 3 atom stereocenters. The molecule has 0 aromatic heterocycles. The lowest BCUT2D eigenvalue weighted by molar-refractivity contribution is -0.144. The van der Waals surface area contributed by atoms with E-state index in [1.54, 1.807) is 0 Å². The van der Waals surface area contributed by atoms with Crippen LogP contribution in [-0.4, -0.2) is 65.4 Å². The summed E-state index contributed by atoms with van der Waals surface area (Å²) in [6, 6.07) is 21.3. The van der Waals surface area contributed by atoms with E-state index >= 15 is 0 Å². The van der Waals surface area contributed by atoms with Crippen LogP contribution in [0.1, 0.15) is 56.4 Å². The molecule has 3 fully saturated rings. The van der Waals surface area contributed by atoms with Gasteiger partial charge in [0.15, 0.2) is 0 Å². The third-order valence-corrected chi connectivity index (χ3v) is 9.99. The van der Waals surface area contributed by atoms with Crippen LogP contribution in [0.5, 0.6) is 0 Å². The molecule has 5 rings (SSSR count). The number of hydrogen-bond acceptors (Lipinski definition) is 4. The second-order valence-electron chi connectivity index (χ2n) is 11.3. The quantitative estimate of drug-likeness (QED) is 0.366. The Kier molecular flexibility index (Phi) is 9.05. The Morgan fingerprint density at radius 2 is 1.61 bits per heavy atom. The van der Waals surface area contributed by atoms with E-state index in [0.717, 1.165) is 32.0 Å². The van der Waals surface area contributed by atoms with Gasteiger partial charge in [-0.3, -0.25) is 9.69 Å². The normalized spacial score (nSPS) is 25.0. The van der Waals surface area contributed by atoms with Gasteiger partial charge in [0.1, 0.15) is 6.04 Å². The van der Waals surface area contributed by atoms with Crippen molar-refractivity contribution in [3.63, 3.8) is 0 Å². The highest BCUT2D eigenvalue weighted by Crippen LogP contribution is 2.38. The Morgan fingerprint density at radius 3 is 2.25 bits per heavy atom. The van der Waals surface area contributed by atoms with Gasteiger partial charge in [-0.2, -0.15) is 0 Å². The highest BCUT2D eigenvalue weighted by atomic mass is 32.2. The van der Waals surface area contributed by atoms with Gasteiger partial charge in [-0.15, -0.1) is 11.8 Å². The van der Waals surface area contributed by atoms with Gasteiger partial charge in [0.25, 0.3) is 0 Å². The Morgan fingerprint density at radius 1 is 0.917 bits per heavy atom. The Hall–Kier alpha value is -1.82. The van der Waals surface area contributed by atoms with Gasteiger partial charge in [-0.25, -0.2) is 0 Å². The first-order valence-corrected chi connectivity index (χ1v) is 15.1. The number of carboxylic acids is 1. The maximum atomic E-state index is 12.3. The van der Waals surface area contributed by atoms with Crippen molar-refractivity contribution in [1.29, 1.82) is 0 Å². The summed E-state index contributed by atoms with van der Waals surface area (Å²) in [5, 5.41) is 10.1. The summed E-state index contributed by atoms with van der Waals surface area (Å²) in [4.78, 5) is 18.6. The molecule has 36 heavy (non-hydrogen) atoms. The molecule has 2 aliphatic heterocycles. The van der Waals surface area contributed by atoms with Gasteiger partial charge in [-0.1, -0.05) is 67.8 Å². The lowest BCUT2D eigenvalue weighted by Gasteiger charge is -2.35. The van der Waals surface area contributed by atoms with E-state index in [1.165, 1.54) is 67.8 Å². The third-order valence-electron chi connectivity index (χ3n) is 8.94. The van der Waals surface area contributed by atoms with E-state index in [2.05, 4.69) is 70.5 Å². The fourth-order valence-electron chi connectivity index (χ4n) is 6.52. The summed E-state index contributed by atoms with van der Waals surface area (Å²) >= 11 is 1.99. The molecule has 0 bridgehead atoms. The number of nitrogens with zero attached hydrogens (tertiary/aromatic N) is 2. The minimum atomic E-state index is -0.622. The van der Waals surface area contributed by atoms with Crippen molar-refractivity contribution in [1.82, 2.24) is 9.80 Å². The first kappa shape index (κ1) is 25.8. The number of thioether (sulfide) groups is 1. The second-order valence-corrected chi connectivity index (χ2v) is 12.5. The zero-order chi connectivity index (χ0) is 24.7. The Labute approximate surface area is 221 Å². The molecule has 4 nitrogen and oxygen atoms in total. The van der Waals surface area contributed by atoms with Gasteiger partial charge < -0.3 is 10.0 Å². The minimum Gasteiger partial charge on any atom is -0.480 e. The average molecular weight is 507 g/mol. The monoisotopic (exact) mass is 506 g/mol. The molecule has 5 heteroatoms. The molecule has 2 saturated heterocycles. The molecule has 1 N–H and O–H groups in total. The highest BCUT2D eigenvalue weighted by Gasteiger charge is 2.41. The molecule has 0 spiro atoms. The molecule has 0 radical (unpaired) electrons. The van der Waals surface area contributed by atoms with Crippen LogP contribution >= 0.6 is 11.8 Å². The fraction of sp³-hybridized carbons (Fsp3) is 0.581. The number of rotatable bonds is 11. The smallest absolute Gasteiger partial charge is 0.320 e. The predicted molar refractivity (Wildman–Crippen MR) is 149 cm³/mol. The van der Waals surface area contributed by atoms with Gasteiger partial charge in [0, 0.05) is 30.4 Å². The van der Waals surface area contributed by atoms with Crippen LogP contribution in [0.25, 0.3) is 0 Å². The Balaban J connectivity index is 1.15. The van der Waals surface area contributed by atoms with Gasteiger partial charge in [-0.05, 0) is 80.0 Å². The van der Waals surface area contributed by atoms with Crippen molar-refractivity contribution >= 4 is 17.7 Å². The van der Waals surface area contributed by atoms with Crippen LogP contribution in [0.3, 0.4) is 0 Å². The summed E-state index contributed by atoms with van der Waals surface area (Å²) in [5.74, 6) is 2.96. The van der Waals surface area contributed by atoms with E-state index in [9.17, 15) is 9.90 Å². The molecule has 0 amide bonds. The van der Waals surface area contributed by atoms with Crippen LogP contribution < -0.4 is 0 Å². The summed E-state index contributed by atoms with van der Waals surface area (Å²) in [6.07, 6.45) is 8.41. The van der Waals surface area contributed by atoms with Crippen molar-refractivity contribution in [2.24, 2.45) is 17.8 Å². The van der Waals surface area contributed by atoms with E-state index in [4.69, 9.17) is 0 Å². The number of likely N-dealkylation sites (tertiary alicyclic amines) is 2.